The van der Waals surface area contributed by atoms with Crippen LogP contribution in [0, 0.1) is 0 Å². The summed E-state index contributed by atoms with van der Waals surface area (Å²) < 4.78 is 9.04. The van der Waals surface area contributed by atoms with Crippen LogP contribution in [0.5, 0.6) is 0 Å². The van der Waals surface area contributed by atoms with Crippen molar-refractivity contribution in [2.45, 2.75) is 20.3 Å². The average molecular weight is 230 g/mol. The van der Waals surface area contributed by atoms with E-state index in [1.54, 1.807) is 13.8 Å². The van der Waals surface area contributed by atoms with Crippen molar-refractivity contribution in [1.29, 1.82) is 0 Å². The number of rotatable bonds is 4. The molecule has 0 fully saturated rings. The topological polar surface area (TPSA) is 69.7 Å². The van der Waals surface area contributed by atoms with E-state index >= 15 is 0 Å². The molecular weight excluding hydrogens is 215 g/mol. The quantitative estimate of drug-likeness (QED) is 0.376. The molecule has 0 heterocycles. The number of ether oxygens (including phenoxy) is 2. The zero-order valence-electron chi connectivity index (χ0n) is 7.87. The minimum atomic E-state index is -0.536. The molecule has 0 unspecified atom stereocenters. The second-order valence-electron chi connectivity index (χ2n) is 1.79. The molecule has 14 heavy (non-hydrogen) atoms. The molecule has 0 atom stereocenters. The first kappa shape index (κ1) is 19.8. The number of hydrogen-bond acceptors (Lipinski definition) is 5. The summed E-state index contributed by atoms with van der Waals surface area (Å²) in [7, 11) is 0. The summed E-state index contributed by atoms with van der Waals surface area (Å²) in [5, 5.41) is 0. The fourth-order valence-corrected chi connectivity index (χ4v) is 0.542. The normalized spacial score (nSPS) is 7.29. The van der Waals surface area contributed by atoms with E-state index in [1.807, 2.05) is 6.79 Å². The summed E-state index contributed by atoms with van der Waals surface area (Å²) in [6.45, 7) is 5.95. The van der Waals surface area contributed by atoms with Gasteiger partial charge in [-0.2, -0.15) is 0 Å². The summed E-state index contributed by atoms with van der Waals surface area (Å²) in [5.74, 6) is -1.07. The first-order valence-corrected chi connectivity index (χ1v) is 3.80. The zero-order valence-corrected chi connectivity index (χ0v) is 7.87. The molecule has 0 N–H and O–H groups in total. The molecule has 0 aromatic rings. The number of esters is 2. The van der Waals surface area contributed by atoms with Gasteiger partial charge < -0.3 is 14.3 Å². The third-order valence-corrected chi connectivity index (χ3v) is 0.899. The van der Waals surface area contributed by atoms with Crippen molar-refractivity contribution < 1.29 is 23.9 Å². The van der Waals surface area contributed by atoms with E-state index < -0.39 is 11.9 Å². The van der Waals surface area contributed by atoms with Crippen LogP contribution in [-0.4, -0.2) is 83.3 Å². The zero-order chi connectivity index (χ0) is 10.7. The fourth-order valence-electron chi connectivity index (χ4n) is 0.542. The standard InChI is InChI=1S/C7H12O4.CH2O.K.H/c1-3-10-6(8)5-7(9)11-4-2;1-2;;/h3-5H2,1-2H3;1H2;;. The second-order valence-corrected chi connectivity index (χ2v) is 1.79. The van der Waals surface area contributed by atoms with Gasteiger partial charge in [-0.1, -0.05) is 0 Å². The van der Waals surface area contributed by atoms with Crippen LogP contribution in [0.25, 0.3) is 0 Å². The molecule has 0 spiro atoms. The van der Waals surface area contributed by atoms with Gasteiger partial charge in [-0.25, -0.2) is 0 Å². The monoisotopic (exact) mass is 230 g/mol. The summed E-state index contributed by atoms with van der Waals surface area (Å²) in [5.41, 5.74) is 0. The molecule has 0 saturated carbocycles. The molecule has 0 aromatic heterocycles. The van der Waals surface area contributed by atoms with Crippen LogP contribution in [0.2, 0.25) is 0 Å². The predicted molar refractivity (Wildman–Crippen MR) is 52.2 cm³/mol. The third kappa shape index (κ3) is 14.8. The van der Waals surface area contributed by atoms with E-state index in [4.69, 9.17) is 4.79 Å². The molecule has 0 aromatic carbocycles. The van der Waals surface area contributed by atoms with Crippen molar-refractivity contribution >= 4 is 70.1 Å². The maximum absolute atomic E-state index is 10.6. The molecule has 0 saturated heterocycles. The van der Waals surface area contributed by atoms with E-state index in [1.165, 1.54) is 0 Å². The van der Waals surface area contributed by atoms with Crippen molar-refractivity contribution in [2.24, 2.45) is 0 Å². The molecule has 0 amide bonds. The van der Waals surface area contributed by atoms with Crippen molar-refractivity contribution in [1.82, 2.24) is 0 Å². The van der Waals surface area contributed by atoms with Crippen molar-refractivity contribution in [3.63, 3.8) is 0 Å². The molecule has 78 valence electrons. The molecule has 0 rings (SSSR count). The first-order valence-electron chi connectivity index (χ1n) is 3.80. The number of carbonyl (C=O) groups excluding carboxylic acids is 3. The van der Waals surface area contributed by atoms with Gasteiger partial charge >= 0.3 is 63.3 Å². The van der Waals surface area contributed by atoms with Gasteiger partial charge in [0.05, 0.1) is 13.2 Å². The first-order chi connectivity index (χ1) is 6.20. The molecular formula is C8H15KO5. The second kappa shape index (κ2) is 15.7. The third-order valence-electron chi connectivity index (χ3n) is 0.899. The Balaban J connectivity index is -0.000000376. The fraction of sp³-hybridized carbons (Fsp3) is 0.625. The van der Waals surface area contributed by atoms with Gasteiger partial charge in [-0.15, -0.1) is 0 Å². The van der Waals surface area contributed by atoms with Gasteiger partial charge in [0.15, 0.2) is 0 Å². The van der Waals surface area contributed by atoms with Gasteiger partial charge in [0, 0.05) is 0 Å². The summed E-state index contributed by atoms with van der Waals surface area (Å²) in [4.78, 5) is 29.2. The predicted octanol–water partition coefficient (Wildman–Crippen LogP) is -0.331. The Hall–Kier alpha value is 0.246. The number of carbonyl (C=O) groups is 3. The Bertz CT molecular complexity index is 144. The van der Waals surface area contributed by atoms with Crippen molar-refractivity contribution in [3.8, 4) is 0 Å². The van der Waals surface area contributed by atoms with Gasteiger partial charge in [0.2, 0.25) is 0 Å². The molecule has 0 bridgehead atoms. The van der Waals surface area contributed by atoms with E-state index in [-0.39, 0.29) is 71.0 Å². The van der Waals surface area contributed by atoms with Crippen LogP contribution in [0.3, 0.4) is 0 Å². The Morgan fingerprint density at radius 3 is 1.50 bits per heavy atom. The van der Waals surface area contributed by atoms with Crippen LogP contribution in [0.15, 0.2) is 0 Å². The molecule has 0 aliphatic heterocycles. The van der Waals surface area contributed by atoms with Crippen LogP contribution in [0.4, 0.5) is 0 Å². The maximum atomic E-state index is 10.6. The van der Waals surface area contributed by atoms with E-state index in [9.17, 15) is 9.59 Å². The minimum absolute atomic E-state index is 0. The summed E-state index contributed by atoms with van der Waals surface area (Å²) in [6.07, 6.45) is -0.290. The van der Waals surface area contributed by atoms with Gasteiger partial charge in [-0.05, 0) is 13.8 Å². The van der Waals surface area contributed by atoms with Crippen LogP contribution in [-0.2, 0) is 23.9 Å². The Labute approximate surface area is 126 Å². The van der Waals surface area contributed by atoms with Crippen molar-refractivity contribution in [3.05, 3.63) is 0 Å². The van der Waals surface area contributed by atoms with E-state index in [2.05, 4.69) is 9.47 Å². The summed E-state index contributed by atoms with van der Waals surface area (Å²) >= 11 is 0. The SMILES string of the molecule is C=O.CCOC(=O)CC(=O)OCC.[KH]. The molecule has 0 radical (unpaired) electrons. The molecule has 0 aliphatic rings. The van der Waals surface area contributed by atoms with Crippen LogP contribution < -0.4 is 0 Å². The van der Waals surface area contributed by atoms with E-state index in [0.717, 1.165) is 0 Å². The number of hydrogen-bond donors (Lipinski definition) is 0. The molecule has 0 aliphatic carbocycles. The Kier molecular flexibility index (Phi) is 22.2. The van der Waals surface area contributed by atoms with E-state index in [0.29, 0.717) is 0 Å². The average Bonchev–Trinajstić information content (AvgIpc) is 2.08. The van der Waals surface area contributed by atoms with Gasteiger partial charge in [0.25, 0.3) is 0 Å². The van der Waals surface area contributed by atoms with Crippen LogP contribution in [0.1, 0.15) is 20.3 Å². The molecule has 5 nitrogen and oxygen atoms in total. The Morgan fingerprint density at radius 2 is 1.29 bits per heavy atom. The van der Waals surface area contributed by atoms with Crippen LogP contribution >= 0.6 is 0 Å². The Morgan fingerprint density at radius 1 is 1.00 bits per heavy atom. The van der Waals surface area contributed by atoms with Crippen molar-refractivity contribution in [2.75, 3.05) is 13.2 Å². The van der Waals surface area contributed by atoms with Gasteiger partial charge in [0.1, 0.15) is 13.2 Å². The molecule has 6 heteroatoms. The summed E-state index contributed by atoms with van der Waals surface area (Å²) in [6, 6.07) is 0. The van der Waals surface area contributed by atoms with Gasteiger partial charge in [-0.3, -0.25) is 9.59 Å².